The van der Waals surface area contributed by atoms with Crippen LogP contribution in [0.5, 0.6) is 0 Å². The number of hydrogen-bond acceptors (Lipinski definition) is 5. The van der Waals surface area contributed by atoms with Crippen molar-refractivity contribution in [3.8, 4) is 11.1 Å². The molecule has 0 saturated heterocycles. The van der Waals surface area contributed by atoms with Crippen LogP contribution in [0.4, 0.5) is 4.79 Å². The molecule has 2 amide bonds. The summed E-state index contributed by atoms with van der Waals surface area (Å²) in [5.74, 6) is -1.66. The average molecular weight is 477 g/mol. The smallest absolute Gasteiger partial charge is 0.407 e. The summed E-state index contributed by atoms with van der Waals surface area (Å²) < 4.78 is 6.88. The van der Waals surface area contributed by atoms with Crippen LogP contribution in [0.2, 0.25) is 0 Å². The van der Waals surface area contributed by atoms with Gasteiger partial charge in [0, 0.05) is 13.0 Å². The van der Waals surface area contributed by atoms with Gasteiger partial charge in [-0.2, -0.15) is 5.10 Å². The summed E-state index contributed by atoms with van der Waals surface area (Å²) in [5, 5.41) is 18.7. The maximum absolute atomic E-state index is 12.5. The number of aromatic nitrogens is 2. The van der Waals surface area contributed by atoms with Crippen molar-refractivity contribution < 1.29 is 24.2 Å². The van der Waals surface area contributed by atoms with Crippen molar-refractivity contribution >= 4 is 18.0 Å². The van der Waals surface area contributed by atoms with Gasteiger partial charge in [-0.25, -0.2) is 9.59 Å². The van der Waals surface area contributed by atoms with Crippen LogP contribution in [0.15, 0.2) is 54.6 Å². The molecule has 0 aliphatic heterocycles. The third-order valence-electron chi connectivity index (χ3n) is 6.10. The number of aliphatic carboxylic acids is 1. The van der Waals surface area contributed by atoms with Gasteiger partial charge in [0.1, 0.15) is 18.3 Å². The minimum Gasteiger partial charge on any atom is -0.480 e. The molecule has 9 nitrogen and oxygen atoms in total. The Morgan fingerprint density at radius 2 is 1.71 bits per heavy atom. The molecular weight excluding hydrogens is 448 g/mol. The summed E-state index contributed by atoms with van der Waals surface area (Å²) >= 11 is 0. The van der Waals surface area contributed by atoms with E-state index in [0.717, 1.165) is 22.3 Å². The van der Waals surface area contributed by atoms with Gasteiger partial charge in [-0.1, -0.05) is 61.9 Å². The van der Waals surface area contributed by atoms with E-state index in [0.29, 0.717) is 18.5 Å². The van der Waals surface area contributed by atoms with Crippen molar-refractivity contribution in [1.29, 1.82) is 0 Å². The fourth-order valence-electron chi connectivity index (χ4n) is 4.42. The molecule has 1 aliphatic rings. The van der Waals surface area contributed by atoms with Crippen molar-refractivity contribution in [3.05, 3.63) is 77.1 Å². The summed E-state index contributed by atoms with van der Waals surface area (Å²) in [6.45, 7) is 2.11. The van der Waals surface area contributed by atoms with Crippen LogP contribution in [0.25, 0.3) is 11.1 Å². The van der Waals surface area contributed by atoms with E-state index >= 15 is 0 Å². The van der Waals surface area contributed by atoms with Gasteiger partial charge in [0.2, 0.25) is 0 Å². The first kappa shape index (κ1) is 24.0. The van der Waals surface area contributed by atoms with Crippen molar-refractivity contribution in [2.45, 2.75) is 38.3 Å². The van der Waals surface area contributed by atoms with Crippen LogP contribution in [0.3, 0.4) is 0 Å². The zero-order valence-electron chi connectivity index (χ0n) is 19.7. The topological polar surface area (TPSA) is 123 Å². The third-order valence-corrected chi connectivity index (χ3v) is 6.10. The molecule has 1 heterocycles. The summed E-state index contributed by atoms with van der Waals surface area (Å²) in [6.07, 6.45) is 0.366. The fourth-order valence-corrected chi connectivity index (χ4v) is 4.42. The zero-order valence-corrected chi connectivity index (χ0v) is 19.7. The summed E-state index contributed by atoms with van der Waals surface area (Å²) in [6, 6.07) is 16.8. The van der Waals surface area contributed by atoms with Crippen molar-refractivity contribution in [1.82, 2.24) is 20.4 Å². The molecule has 1 aliphatic carbocycles. The van der Waals surface area contributed by atoms with E-state index in [1.165, 1.54) is 10.7 Å². The van der Waals surface area contributed by atoms with E-state index in [1.807, 2.05) is 31.2 Å². The predicted octanol–water partition coefficient (Wildman–Crippen LogP) is 3.44. The molecule has 4 rings (SSSR count). The molecular formula is C26H28N4O5. The lowest BCUT2D eigenvalue weighted by atomic mass is 9.98. The number of carbonyl (C=O) groups is 3. The van der Waals surface area contributed by atoms with E-state index < -0.39 is 24.0 Å². The molecule has 0 saturated carbocycles. The molecule has 1 atom stereocenters. The first-order valence-electron chi connectivity index (χ1n) is 11.5. The van der Waals surface area contributed by atoms with E-state index in [2.05, 4.69) is 40.0 Å². The minimum atomic E-state index is -1.08. The zero-order chi connectivity index (χ0) is 24.9. The van der Waals surface area contributed by atoms with Gasteiger partial charge in [-0.05, 0) is 34.7 Å². The summed E-state index contributed by atoms with van der Waals surface area (Å²) in [4.78, 5) is 36.2. The standard InChI is InChI=1S/C26H28N4O5/c1-3-8-22(25(32)33)28-24(31)23-13-16(29-30(23)2)14-27-26(34)35-15-21-19-11-6-4-9-17(19)18-10-5-7-12-20(18)21/h4-7,9-13,21-22H,3,8,14-15H2,1-2H3,(H,27,34)(H,28,31)(H,32,33)/t22-/m0/s1. The second-order valence-corrected chi connectivity index (χ2v) is 8.48. The van der Waals surface area contributed by atoms with Crippen LogP contribution in [0, 0.1) is 0 Å². The van der Waals surface area contributed by atoms with Crippen molar-refractivity contribution in [3.63, 3.8) is 0 Å². The molecule has 9 heteroatoms. The highest BCUT2D eigenvalue weighted by Crippen LogP contribution is 2.44. The van der Waals surface area contributed by atoms with Gasteiger partial charge in [-0.15, -0.1) is 0 Å². The first-order chi connectivity index (χ1) is 16.9. The lowest BCUT2D eigenvalue weighted by molar-refractivity contribution is -0.139. The number of carboxylic acids is 1. The Bertz CT molecular complexity index is 1210. The number of ether oxygens (including phenoxy) is 1. The largest absolute Gasteiger partial charge is 0.480 e. The van der Waals surface area contributed by atoms with Crippen molar-refractivity contribution in [2.75, 3.05) is 6.61 Å². The van der Waals surface area contributed by atoms with Crippen LogP contribution in [0.1, 0.15) is 53.0 Å². The lowest BCUT2D eigenvalue weighted by Crippen LogP contribution is -2.41. The third kappa shape index (κ3) is 5.18. The Balaban J connectivity index is 1.34. The summed E-state index contributed by atoms with van der Waals surface area (Å²) in [5.41, 5.74) is 5.22. The maximum Gasteiger partial charge on any atom is 0.407 e. The molecule has 0 unspecified atom stereocenters. The Hall–Kier alpha value is -4.14. The van der Waals surface area contributed by atoms with Gasteiger partial charge in [0.05, 0.1) is 12.2 Å². The normalized spacial score (nSPS) is 13.0. The van der Waals surface area contributed by atoms with E-state index in [-0.39, 0.29) is 24.8 Å². The molecule has 1 aromatic heterocycles. The van der Waals surface area contributed by atoms with Gasteiger partial charge >= 0.3 is 12.1 Å². The van der Waals surface area contributed by atoms with Gasteiger partial charge < -0.3 is 20.5 Å². The molecule has 3 N–H and O–H groups in total. The van der Waals surface area contributed by atoms with Gasteiger partial charge in [0.15, 0.2) is 0 Å². The molecule has 0 bridgehead atoms. The number of carboxylic acid groups (broad SMARTS) is 1. The Labute approximate surface area is 203 Å². The lowest BCUT2D eigenvalue weighted by Gasteiger charge is -2.14. The van der Waals surface area contributed by atoms with E-state index in [4.69, 9.17) is 4.74 Å². The second-order valence-electron chi connectivity index (χ2n) is 8.48. The number of nitrogens with one attached hydrogen (secondary N) is 2. The highest BCUT2D eigenvalue weighted by Gasteiger charge is 2.29. The molecule has 182 valence electrons. The maximum atomic E-state index is 12.5. The average Bonchev–Trinajstić information content (AvgIpc) is 3.38. The molecule has 0 radical (unpaired) electrons. The fraction of sp³-hybridized carbons (Fsp3) is 0.308. The quantitative estimate of drug-likeness (QED) is 0.435. The Morgan fingerprint density at radius 1 is 1.09 bits per heavy atom. The van der Waals surface area contributed by atoms with Crippen LogP contribution in [-0.4, -0.2) is 45.5 Å². The van der Waals surface area contributed by atoms with Crippen LogP contribution >= 0.6 is 0 Å². The highest BCUT2D eigenvalue weighted by molar-refractivity contribution is 5.95. The van der Waals surface area contributed by atoms with Crippen LogP contribution in [-0.2, 0) is 23.1 Å². The number of rotatable bonds is 9. The number of benzene rings is 2. The van der Waals surface area contributed by atoms with Crippen LogP contribution < -0.4 is 10.6 Å². The minimum absolute atomic E-state index is 0.0383. The second kappa shape index (κ2) is 10.4. The highest BCUT2D eigenvalue weighted by atomic mass is 16.5. The molecule has 2 aromatic carbocycles. The summed E-state index contributed by atoms with van der Waals surface area (Å²) in [7, 11) is 1.58. The number of nitrogens with zero attached hydrogens (tertiary/aromatic N) is 2. The number of alkyl carbamates (subject to hydrolysis) is 1. The Morgan fingerprint density at radius 3 is 2.31 bits per heavy atom. The number of aryl methyl sites for hydroxylation is 1. The first-order valence-corrected chi connectivity index (χ1v) is 11.5. The molecule has 3 aromatic rings. The SMILES string of the molecule is CCC[C@H](NC(=O)c1cc(CNC(=O)OCC2c3ccccc3-c3ccccc32)nn1C)C(=O)O. The number of amides is 2. The van der Waals surface area contributed by atoms with E-state index in [9.17, 15) is 19.5 Å². The van der Waals surface area contributed by atoms with E-state index in [1.54, 1.807) is 7.05 Å². The predicted molar refractivity (Wildman–Crippen MR) is 129 cm³/mol. The monoisotopic (exact) mass is 476 g/mol. The Kier molecular flexibility index (Phi) is 7.14. The number of hydrogen-bond donors (Lipinski definition) is 3. The molecule has 0 spiro atoms. The van der Waals surface area contributed by atoms with Gasteiger partial charge in [0.25, 0.3) is 5.91 Å². The van der Waals surface area contributed by atoms with Crippen molar-refractivity contribution in [2.24, 2.45) is 7.05 Å². The number of carbonyl (C=O) groups excluding carboxylic acids is 2. The van der Waals surface area contributed by atoms with Gasteiger partial charge in [-0.3, -0.25) is 9.48 Å². The molecule has 0 fully saturated rings. The number of fused-ring (bicyclic) bond motifs is 3. The molecule has 35 heavy (non-hydrogen) atoms.